The fourth-order valence-electron chi connectivity index (χ4n) is 6.13. The van der Waals surface area contributed by atoms with Crippen LogP contribution in [-0.2, 0) is 65.4 Å². The lowest BCUT2D eigenvalue weighted by Gasteiger charge is -2.45. The van der Waals surface area contributed by atoms with Crippen molar-refractivity contribution in [3.05, 3.63) is 179 Å². The average molecular weight is 693 g/mol. The number of rotatable bonds is 17. The van der Waals surface area contributed by atoms with Crippen molar-refractivity contribution in [2.45, 2.75) is 70.8 Å². The van der Waals surface area contributed by atoms with E-state index in [1.165, 1.54) is 0 Å². The molecule has 260 valence electrons. The summed E-state index contributed by atoms with van der Waals surface area (Å²) in [5.41, 5.74) is 4.79. The van der Waals surface area contributed by atoms with Crippen molar-refractivity contribution in [3.63, 3.8) is 0 Å². The first-order chi connectivity index (χ1) is 24.5. The Balaban J connectivity index is 1.30. The second-order valence-corrected chi connectivity index (χ2v) is 14.2. The second-order valence-electron chi connectivity index (χ2n) is 12.6. The monoisotopic (exact) mass is 692 g/mol. The first-order valence-electron chi connectivity index (χ1n) is 17.2. The molecule has 0 unspecified atom stereocenters. The summed E-state index contributed by atoms with van der Waals surface area (Å²) in [4.78, 5) is 0. The molecule has 0 aliphatic heterocycles. The molecule has 6 rings (SSSR count). The van der Waals surface area contributed by atoms with E-state index < -0.39 is 26.1 Å². The molecule has 1 fully saturated rings. The zero-order valence-corrected chi connectivity index (χ0v) is 29.3. The quantitative estimate of drug-likeness (QED) is 0.0899. The van der Waals surface area contributed by atoms with Crippen molar-refractivity contribution in [2.75, 3.05) is 0 Å². The molecule has 1 saturated carbocycles. The number of phosphoric ester groups is 1. The maximum Gasteiger partial charge on any atom is 0.475 e. The van der Waals surface area contributed by atoms with E-state index in [0.29, 0.717) is 26.2 Å². The van der Waals surface area contributed by atoms with Gasteiger partial charge in [0.05, 0.1) is 45.2 Å². The van der Waals surface area contributed by atoms with E-state index in [4.69, 9.17) is 27.8 Å². The Kier molecular flexibility index (Phi) is 13.2. The van der Waals surface area contributed by atoms with Crippen LogP contribution in [0.15, 0.2) is 152 Å². The van der Waals surface area contributed by atoms with E-state index in [1.54, 1.807) is 0 Å². The summed E-state index contributed by atoms with van der Waals surface area (Å²) in [6, 6.07) is 49.2. The van der Waals surface area contributed by atoms with Crippen LogP contribution >= 0.6 is 7.82 Å². The van der Waals surface area contributed by atoms with E-state index >= 15 is 0 Å². The molecule has 0 bridgehead atoms. The minimum atomic E-state index is -4.14. The van der Waals surface area contributed by atoms with Gasteiger partial charge in [0.25, 0.3) is 0 Å². The van der Waals surface area contributed by atoms with Gasteiger partial charge < -0.3 is 14.2 Å². The van der Waals surface area contributed by atoms with E-state index in [2.05, 4.69) is 6.92 Å². The number of hydrogen-bond acceptors (Lipinski definition) is 7. The molecule has 0 amide bonds. The predicted molar refractivity (Wildman–Crippen MR) is 194 cm³/mol. The lowest BCUT2D eigenvalue weighted by molar-refractivity contribution is -0.214. The summed E-state index contributed by atoms with van der Waals surface area (Å²) in [7, 11) is -4.14. The topological polar surface area (TPSA) is 72.5 Å². The van der Waals surface area contributed by atoms with E-state index in [1.807, 2.05) is 152 Å². The van der Waals surface area contributed by atoms with E-state index in [0.717, 1.165) is 27.8 Å². The lowest BCUT2D eigenvalue weighted by atomic mass is 9.81. The zero-order chi connectivity index (χ0) is 34.4. The van der Waals surface area contributed by atoms with Gasteiger partial charge in [-0.2, -0.15) is 0 Å². The van der Waals surface area contributed by atoms with Crippen molar-refractivity contribution in [2.24, 2.45) is 5.92 Å². The van der Waals surface area contributed by atoms with Gasteiger partial charge in [-0.1, -0.05) is 159 Å². The van der Waals surface area contributed by atoms with Crippen LogP contribution in [0.5, 0.6) is 0 Å². The minimum Gasteiger partial charge on any atom is -0.370 e. The lowest BCUT2D eigenvalue weighted by Crippen LogP contribution is -2.56. The van der Waals surface area contributed by atoms with Crippen molar-refractivity contribution >= 4 is 7.82 Å². The van der Waals surface area contributed by atoms with Crippen LogP contribution in [0.1, 0.15) is 41.2 Å². The molecule has 0 radical (unpaired) electrons. The summed E-state index contributed by atoms with van der Waals surface area (Å²) < 4.78 is 53.4. The highest BCUT2D eigenvalue weighted by molar-refractivity contribution is 7.48. The number of phosphoric acid groups is 1. The molecule has 7 nitrogen and oxygen atoms in total. The Morgan fingerprint density at radius 3 is 1.16 bits per heavy atom. The van der Waals surface area contributed by atoms with Crippen molar-refractivity contribution < 1.29 is 32.3 Å². The Morgan fingerprint density at radius 2 is 0.780 bits per heavy atom. The maximum atomic E-state index is 14.6. The average Bonchev–Trinajstić information content (AvgIpc) is 3.17. The summed E-state index contributed by atoms with van der Waals surface area (Å²) in [5, 5.41) is 0. The van der Waals surface area contributed by atoms with Gasteiger partial charge in [-0.05, 0) is 40.2 Å². The van der Waals surface area contributed by atoms with Gasteiger partial charge in [0.1, 0.15) is 12.2 Å². The molecular formula is C42H45O7P. The fourth-order valence-corrected chi connectivity index (χ4v) is 7.48. The molecule has 0 saturated heterocycles. The van der Waals surface area contributed by atoms with Gasteiger partial charge in [-0.3, -0.25) is 13.6 Å². The second kappa shape index (κ2) is 18.4. The van der Waals surface area contributed by atoms with Crippen molar-refractivity contribution in [1.82, 2.24) is 0 Å². The largest absolute Gasteiger partial charge is 0.475 e. The van der Waals surface area contributed by atoms with E-state index in [9.17, 15) is 4.57 Å². The van der Waals surface area contributed by atoms with E-state index in [-0.39, 0.29) is 25.2 Å². The Bertz CT molecular complexity index is 1680. The van der Waals surface area contributed by atoms with Crippen LogP contribution in [0.25, 0.3) is 0 Å². The maximum absolute atomic E-state index is 14.6. The summed E-state index contributed by atoms with van der Waals surface area (Å²) in [5.74, 6) is -0.0437. The highest BCUT2D eigenvalue weighted by atomic mass is 31.2. The highest BCUT2D eigenvalue weighted by Gasteiger charge is 2.49. The first-order valence-corrected chi connectivity index (χ1v) is 18.6. The molecule has 50 heavy (non-hydrogen) atoms. The summed E-state index contributed by atoms with van der Waals surface area (Å²) >= 11 is 0. The molecule has 0 N–H and O–H groups in total. The SMILES string of the molecule is C[C@@H]1C[C@H](OP(=O)(OCc2ccccc2)OCc2ccccc2)[C@@H](OCc2ccccc2)[C@H](OCc2ccccc2)[C@@H]1OCc1ccccc1. The summed E-state index contributed by atoms with van der Waals surface area (Å²) in [6.07, 6.45) is -1.77. The zero-order valence-electron chi connectivity index (χ0n) is 28.4. The van der Waals surface area contributed by atoms with Gasteiger partial charge in [0.2, 0.25) is 0 Å². The molecule has 1 aliphatic carbocycles. The minimum absolute atomic E-state index is 0.0437. The highest BCUT2D eigenvalue weighted by Crippen LogP contribution is 2.54. The fraction of sp³-hybridized carbons (Fsp3) is 0.286. The van der Waals surface area contributed by atoms with Crippen LogP contribution in [0.2, 0.25) is 0 Å². The molecule has 0 spiro atoms. The van der Waals surface area contributed by atoms with Gasteiger partial charge in [0, 0.05) is 0 Å². The Morgan fingerprint density at radius 1 is 0.460 bits per heavy atom. The van der Waals surface area contributed by atoms with Crippen LogP contribution in [-0.4, -0.2) is 24.4 Å². The van der Waals surface area contributed by atoms with Crippen molar-refractivity contribution in [3.8, 4) is 0 Å². The Labute approximate surface area is 295 Å². The predicted octanol–water partition coefficient (Wildman–Crippen LogP) is 9.71. The normalized spacial score (nSPS) is 20.8. The number of hydrogen-bond donors (Lipinski definition) is 0. The molecule has 0 heterocycles. The molecule has 5 aromatic carbocycles. The molecule has 8 heteroatoms. The van der Waals surface area contributed by atoms with Crippen molar-refractivity contribution in [1.29, 1.82) is 0 Å². The van der Waals surface area contributed by atoms with Crippen LogP contribution in [0.3, 0.4) is 0 Å². The van der Waals surface area contributed by atoms with Gasteiger partial charge >= 0.3 is 7.82 Å². The summed E-state index contributed by atoms with van der Waals surface area (Å²) in [6.45, 7) is 3.28. The van der Waals surface area contributed by atoms with Gasteiger partial charge in [0.15, 0.2) is 0 Å². The van der Waals surface area contributed by atoms with Gasteiger partial charge in [-0.25, -0.2) is 4.57 Å². The molecule has 5 aromatic rings. The number of ether oxygens (including phenoxy) is 3. The third-order valence-corrected chi connectivity index (χ3v) is 10.2. The number of benzene rings is 5. The Hall–Kier alpha value is -3.91. The molecular weight excluding hydrogens is 647 g/mol. The smallest absolute Gasteiger partial charge is 0.370 e. The van der Waals surface area contributed by atoms with Crippen LogP contribution < -0.4 is 0 Å². The first kappa shape index (κ1) is 35.9. The molecule has 5 atom stereocenters. The third kappa shape index (κ3) is 10.5. The van der Waals surface area contributed by atoms with Crippen LogP contribution in [0.4, 0.5) is 0 Å². The standard InChI is InChI=1S/C42H45O7P/c1-33-27-39(49-50(43,47-31-37-23-13-5-14-24-37)48-32-38-25-15-6-16-26-38)41(45-29-35-19-9-3-10-20-35)42(46-30-36-21-11-4-12-22-36)40(33)44-28-34-17-7-2-8-18-34/h2-26,33,39-42H,27-32H2,1H3/t33-,39+,40-,41-,42-/m1/s1. The van der Waals surface area contributed by atoms with Crippen LogP contribution in [0, 0.1) is 5.92 Å². The molecule has 1 aliphatic rings. The van der Waals surface area contributed by atoms with Gasteiger partial charge in [-0.15, -0.1) is 0 Å². The molecule has 0 aromatic heterocycles. The third-order valence-electron chi connectivity index (χ3n) is 8.76.